The highest BCUT2D eigenvalue weighted by Crippen LogP contribution is 2.11. The summed E-state index contributed by atoms with van der Waals surface area (Å²) in [5.74, 6) is -0.465. The van der Waals surface area contributed by atoms with Gasteiger partial charge in [0.25, 0.3) is 0 Å². The van der Waals surface area contributed by atoms with E-state index in [2.05, 4.69) is 5.43 Å². The van der Waals surface area contributed by atoms with Gasteiger partial charge in [0.05, 0.1) is 12.1 Å². The summed E-state index contributed by atoms with van der Waals surface area (Å²) in [6.07, 6.45) is 0.234. The van der Waals surface area contributed by atoms with E-state index in [1.807, 2.05) is 48.5 Å². The highest BCUT2D eigenvalue weighted by molar-refractivity contribution is 5.95. The summed E-state index contributed by atoms with van der Waals surface area (Å²) in [5.41, 5.74) is 4.17. The molecule has 0 saturated heterocycles. The highest BCUT2D eigenvalue weighted by Gasteiger charge is 2.14. The lowest BCUT2D eigenvalue weighted by atomic mass is 10.1. The lowest BCUT2D eigenvalue weighted by Gasteiger charge is -2.21. The average molecular weight is 268 g/mol. The highest BCUT2D eigenvalue weighted by atomic mass is 16.2. The number of nitrogens with one attached hydrogen (secondary N) is 1. The van der Waals surface area contributed by atoms with E-state index in [1.165, 1.54) is 11.9 Å². The third-order valence-electron chi connectivity index (χ3n) is 2.77. The quantitative estimate of drug-likeness (QED) is 0.868. The topological polar surface area (TPSA) is 49.4 Å². The van der Waals surface area contributed by atoms with Gasteiger partial charge in [0.1, 0.15) is 0 Å². The molecule has 0 fully saturated rings. The van der Waals surface area contributed by atoms with Crippen LogP contribution in [-0.4, -0.2) is 11.8 Å². The summed E-state index contributed by atoms with van der Waals surface area (Å²) >= 11 is 0. The van der Waals surface area contributed by atoms with Crippen LogP contribution in [0, 0.1) is 0 Å². The van der Waals surface area contributed by atoms with Crippen molar-refractivity contribution in [2.75, 3.05) is 5.01 Å². The predicted octanol–water partition coefficient (Wildman–Crippen LogP) is 2.31. The van der Waals surface area contributed by atoms with Gasteiger partial charge in [-0.05, 0) is 17.7 Å². The Labute approximate surface area is 118 Å². The van der Waals surface area contributed by atoms with Crippen molar-refractivity contribution in [2.24, 2.45) is 0 Å². The van der Waals surface area contributed by atoms with Crippen LogP contribution >= 0.6 is 0 Å². The molecule has 0 heterocycles. The molecular formula is C16H16N2O2. The molecule has 0 aromatic heterocycles. The van der Waals surface area contributed by atoms with E-state index in [0.717, 1.165) is 5.56 Å². The Morgan fingerprint density at radius 2 is 1.50 bits per heavy atom. The van der Waals surface area contributed by atoms with Crippen LogP contribution in [0.25, 0.3) is 0 Å². The number of rotatable bonds is 3. The van der Waals surface area contributed by atoms with E-state index in [9.17, 15) is 9.59 Å². The van der Waals surface area contributed by atoms with Gasteiger partial charge in [0.15, 0.2) is 0 Å². The second-order valence-corrected chi connectivity index (χ2v) is 4.39. The van der Waals surface area contributed by atoms with Crippen LogP contribution in [-0.2, 0) is 16.0 Å². The maximum absolute atomic E-state index is 12.0. The maximum Gasteiger partial charge on any atom is 0.243 e. The lowest BCUT2D eigenvalue weighted by Crippen LogP contribution is -2.46. The van der Waals surface area contributed by atoms with Crippen molar-refractivity contribution >= 4 is 17.5 Å². The van der Waals surface area contributed by atoms with Crippen LogP contribution in [0.3, 0.4) is 0 Å². The molecule has 20 heavy (non-hydrogen) atoms. The molecule has 4 nitrogen and oxygen atoms in total. The second-order valence-electron chi connectivity index (χ2n) is 4.39. The molecule has 1 N–H and O–H groups in total. The van der Waals surface area contributed by atoms with Crippen molar-refractivity contribution in [3.8, 4) is 0 Å². The number of hydrogen-bond donors (Lipinski definition) is 1. The van der Waals surface area contributed by atoms with Crippen molar-refractivity contribution in [1.82, 2.24) is 5.43 Å². The Kier molecular flexibility index (Phi) is 4.50. The molecule has 0 saturated carbocycles. The van der Waals surface area contributed by atoms with Gasteiger partial charge >= 0.3 is 0 Å². The molecule has 0 unspecified atom stereocenters. The zero-order valence-electron chi connectivity index (χ0n) is 11.2. The molecule has 2 rings (SSSR count). The molecule has 102 valence electrons. The molecule has 2 amide bonds. The molecule has 0 radical (unpaired) electrons. The van der Waals surface area contributed by atoms with Crippen molar-refractivity contribution in [2.45, 2.75) is 13.3 Å². The summed E-state index contributed by atoms with van der Waals surface area (Å²) in [5, 5.41) is 1.26. The maximum atomic E-state index is 12.0. The zero-order chi connectivity index (χ0) is 14.4. The van der Waals surface area contributed by atoms with E-state index in [0.29, 0.717) is 5.69 Å². The molecular weight excluding hydrogens is 252 g/mol. The van der Waals surface area contributed by atoms with Crippen LogP contribution in [0.15, 0.2) is 60.7 Å². The zero-order valence-corrected chi connectivity index (χ0v) is 11.2. The number of nitrogens with zero attached hydrogens (tertiary/aromatic N) is 1. The number of benzene rings is 2. The Hall–Kier alpha value is -2.62. The van der Waals surface area contributed by atoms with E-state index >= 15 is 0 Å². The van der Waals surface area contributed by atoms with Crippen LogP contribution in [0.2, 0.25) is 0 Å². The minimum atomic E-state index is -0.238. The van der Waals surface area contributed by atoms with Gasteiger partial charge in [-0.3, -0.25) is 15.0 Å². The first kappa shape index (κ1) is 13.8. The van der Waals surface area contributed by atoms with Crippen LogP contribution in [0.1, 0.15) is 12.5 Å². The third kappa shape index (κ3) is 3.68. The number of amides is 2. The summed E-state index contributed by atoms with van der Waals surface area (Å²) in [6.45, 7) is 1.41. The first-order valence-corrected chi connectivity index (χ1v) is 6.36. The SMILES string of the molecule is CC(=O)N(NC(=O)Cc1ccccc1)c1ccccc1. The fraction of sp³-hybridized carbons (Fsp3) is 0.125. The first-order valence-electron chi connectivity index (χ1n) is 6.36. The van der Waals surface area contributed by atoms with Gasteiger partial charge < -0.3 is 0 Å². The smallest absolute Gasteiger partial charge is 0.243 e. The Balaban J connectivity index is 2.06. The Morgan fingerprint density at radius 1 is 0.950 bits per heavy atom. The molecule has 2 aromatic rings. The van der Waals surface area contributed by atoms with E-state index in [1.54, 1.807) is 12.1 Å². The van der Waals surface area contributed by atoms with Gasteiger partial charge in [-0.1, -0.05) is 48.5 Å². The summed E-state index contributed by atoms with van der Waals surface area (Å²) < 4.78 is 0. The fourth-order valence-corrected chi connectivity index (χ4v) is 1.85. The molecule has 0 aliphatic heterocycles. The van der Waals surface area contributed by atoms with Crippen LogP contribution in [0.5, 0.6) is 0 Å². The van der Waals surface area contributed by atoms with Crippen molar-refractivity contribution in [3.63, 3.8) is 0 Å². The minimum absolute atomic E-state index is 0.227. The fourth-order valence-electron chi connectivity index (χ4n) is 1.85. The van der Waals surface area contributed by atoms with E-state index < -0.39 is 0 Å². The number of carbonyl (C=O) groups excluding carboxylic acids is 2. The number of anilines is 1. The number of hydrazine groups is 1. The monoisotopic (exact) mass is 268 g/mol. The normalized spacial score (nSPS) is 9.85. The minimum Gasteiger partial charge on any atom is -0.273 e. The molecule has 0 spiro atoms. The molecule has 0 bridgehead atoms. The molecule has 4 heteroatoms. The van der Waals surface area contributed by atoms with Gasteiger partial charge in [-0.25, -0.2) is 5.01 Å². The first-order chi connectivity index (χ1) is 9.66. The Bertz CT molecular complexity index is 582. The molecule has 0 aliphatic carbocycles. The largest absolute Gasteiger partial charge is 0.273 e. The predicted molar refractivity (Wildman–Crippen MR) is 77.9 cm³/mol. The van der Waals surface area contributed by atoms with Gasteiger partial charge in [-0.15, -0.1) is 0 Å². The Morgan fingerprint density at radius 3 is 2.05 bits per heavy atom. The van der Waals surface area contributed by atoms with E-state index in [4.69, 9.17) is 0 Å². The van der Waals surface area contributed by atoms with Gasteiger partial charge in [-0.2, -0.15) is 0 Å². The van der Waals surface area contributed by atoms with Crippen LogP contribution in [0.4, 0.5) is 5.69 Å². The molecule has 0 aliphatic rings. The van der Waals surface area contributed by atoms with Crippen molar-refractivity contribution in [1.29, 1.82) is 0 Å². The number of hydrogen-bond acceptors (Lipinski definition) is 2. The van der Waals surface area contributed by atoms with Crippen LogP contribution < -0.4 is 10.4 Å². The summed E-state index contributed by atoms with van der Waals surface area (Å²) in [4.78, 5) is 23.6. The standard InChI is InChI=1S/C16H16N2O2/c1-13(19)18(15-10-6-3-7-11-15)17-16(20)12-14-8-4-2-5-9-14/h2-11H,12H2,1H3,(H,17,20). The molecule has 0 atom stereocenters. The number of carbonyl (C=O) groups is 2. The van der Waals surface area contributed by atoms with Crippen molar-refractivity contribution in [3.05, 3.63) is 66.2 Å². The van der Waals surface area contributed by atoms with Gasteiger partial charge in [0, 0.05) is 6.92 Å². The number of para-hydroxylation sites is 1. The lowest BCUT2D eigenvalue weighted by molar-refractivity contribution is -0.124. The second kappa shape index (κ2) is 6.52. The third-order valence-corrected chi connectivity index (χ3v) is 2.77. The summed E-state index contributed by atoms with van der Waals surface area (Å²) in [7, 11) is 0. The van der Waals surface area contributed by atoms with E-state index in [-0.39, 0.29) is 18.2 Å². The van der Waals surface area contributed by atoms with Crippen molar-refractivity contribution < 1.29 is 9.59 Å². The molecule has 2 aromatic carbocycles. The van der Waals surface area contributed by atoms with Gasteiger partial charge in [0.2, 0.25) is 11.8 Å². The average Bonchev–Trinajstić information content (AvgIpc) is 2.46. The summed E-state index contributed by atoms with van der Waals surface area (Å²) in [6, 6.07) is 18.4.